The van der Waals surface area contributed by atoms with E-state index in [1.54, 1.807) is 0 Å². The van der Waals surface area contributed by atoms with E-state index < -0.39 is 0 Å². The minimum Gasteiger partial charge on any atom is -0.370 e. The number of hydrogen-bond donors (Lipinski definition) is 1. The molecule has 5 heteroatoms. The molecular formula is C18H23N3O2. The highest BCUT2D eigenvalue weighted by Crippen LogP contribution is 2.21. The van der Waals surface area contributed by atoms with E-state index in [0.29, 0.717) is 25.3 Å². The number of aryl methyl sites for hydroxylation is 1. The number of nitrogens with zero attached hydrogens (tertiary/aromatic N) is 2. The lowest BCUT2D eigenvalue weighted by molar-refractivity contribution is -0.132. The van der Waals surface area contributed by atoms with E-state index >= 15 is 0 Å². The van der Waals surface area contributed by atoms with Crippen LogP contribution in [-0.2, 0) is 16.1 Å². The first kappa shape index (κ1) is 15.6. The van der Waals surface area contributed by atoms with Crippen LogP contribution in [0.5, 0.6) is 0 Å². The molecule has 1 aliphatic rings. The van der Waals surface area contributed by atoms with E-state index in [1.165, 1.54) is 10.9 Å². The summed E-state index contributed by atoms with van der Waals surface area (Å²) in [4.78, 5) is 25.3. The Kier molecular flexibility index (Phi) is 4.65. The van der Waals surface area contributed by atoms with Crippen LogP contribution in [0.1, 0.15) is 25.7 Å². The molecule has 1 aromatic carbocycles. The molecule has 23 heavy (non-hydrogen) atoms. The lowest BCUT2D eigenvalue weighted by Gasteiger charge is -2.31. The van der Waals surface area contributed by atoms with Gasteiger partial charge in [0.05, 0.1) is 0 Å². The van der Waals surface area contributed by atoms with Crippen molar-refractivity contribution in [2.75, 3.05) is 13.1 Å². The molecular weight excluding hydrogens is 290 g/mol. The number of primary amides is 1. The van der Waals surface area contributed by atoms with Crippen molar-refractivity contribution in [3.05, 3.63) is 36.5 Å². The number of fused-ring (bicyclic) bond motifs is 1. The second-order valence-corrected chi connectivity index (χ2v) is 6.31. The van der Waals surface area contributed by atoms with Gasteiger partial charge in [-0.25, -0.2) is 0 Å². The zero-order chi connectivity index (χ0) is 16.2. The molecule has 0 radical (unpaired) electrons. The number of carbonyl (C=O) groups is 2. The third kappa shape index (κ3) is 3.73. The Labute approximate surface area is 136 Å². The zero-order valence-corrected chi connectivity index (χ0v) is 13.3. The fourth-order valence-electron chi connectivity index (χ4n) is 3.38. The molecule has 2 heterocycles. The van der Waals surface area contributed by atoms with Gasteiger partial charge in [0.1, 0.15) is 0 Å². The van der Waals surface area contributed by atoms with Gasteiger partial charge in [-0.3, -0.25) is 9.59 Å². The highest BCUT2D eigenvalue weighted by atomic mass is 16.2. The summed E-state index contributed by atoms with van der Waals surface area (Å²) in [5.74, 6) is 0.291. The van der Waals surface area contributed by atoms with Crippen LogP contribution < -0.4 is 5.73 Å². The first-order chi connectivity index (χ1) is 11.1. The van der Waals surface area contributed by atoms with E-state index in [0.717, 1.165) is 25.9 Å². The first-order valence-electron chi connectivity index (χ1n) is 8.23. The second kappa shape index (κ2) is 6.86. The Morgan fingerprint density at radius 3 is 2.61 bits per heavy atom. The van der Waals surface area contributed by atoms with E-state index in [-0.39, 0.29) is 11.8 Å². The van der Waals surface area contributed by atoms with Crippen molar-refractivity contribution in [2.45, 2.75) is 32.2 Å². The number of aromatic nitrogens is 1. The van der Waals surface area contributed by atoms with Crippen molar-refractivity contribution >= 4 is 22.7 Å². The predicted octanol–water partition coefficient (Wildman–Crippen LogP) is 2.15. The van der Waals surface area contributed by atoms with Gasteiger partial charge < -0.3 is 15.2 Å². The molecule has 3 rings (SSSR count). The van der Waals surface area contributed by atoms with Gasteiger partial charge >= 0.3 is 0 Å². The Morgan fingerprint density at radius 1 is 1.13 bits per heavy atom. The highest BCUT2D eigenvalue weighted by Gasteiger charge is 2.23. The van der Waals surface area contributed by atoms with Crippen molar-refractivity contribution in [1.29, 1.82) is 0 Å². The van der Waals surface area contributed by atoms with Crippen molar-refractivity contribution in [1.82, 2.24) is 9.47 Å². The Bertz CT molecular complexity index is 699. The molecule has 0 atom stereocenters. The fraction of sp³-hybridized carbons (Fsp3) is 0.444. The molecule has 0 aliphatic carbocycles. The van der Waals surface area contributed by atoms with E-state index in [2.05, 4.69) is 22.8 Å². The fourth-order valence-corrected chi connectivity index (χ4v) is 3.38. The number of rotatable bonds is 5. The summed E-state index contributed by atoms with van der Waals surface area (Å²) in [5, 5.41) is 1.20. The van der Waals surface area contributed by atoms with Gasteiger partial charge in [-0.1, -0.05) is 18.2 Å². The largest absolute Gasteiger partial charge is 0.370 e. The quantitative estimate of drug-likeness (QED) is 0.919. The maximum absolute atomic E-state index is 12.4. The Morgan fingerprint density at radius 2 is 1.87 bits per heavy atom. The third-order valence-electron chi connectivity index (χ3n) is 4.70. The van der Waals surface area contributed by atoms with Gasteiger partial charge in [-0.05, 0) is 36.3 Å². The summed E-state index contributed by atoms with van der Waals surface area (Å²) < 4.78 is 2.13. The van der Waals surface area contributed by atoms with Crippen LogP contribution in [0.15, 0.2) is 36.5 Å². The first-order valence-corrected chi connectivity index (χ1v) is 8.23. The van der Waals surface area contributed by atoms with Crippen molar-refractivity contribution in [3.8, 4) is 0 Å². The van der Waals surface area contributed by atoms with Crippen molar-refractivity contribution < 1.29 is 9.59 Å². The van der Waals surface area contributed by atoms with Gasteiger partial charge in [0.15, 0.2) is 0 Å². The molecule has 122 valence electrons. The van der Waals surface area contributed by atoms with Gasteiger partial charge in [0.25, 0.3) is 0 Å². The van der Waals surface area contributed by atoms with Crippen LogP contribution in [-0.4, -0.2) is 34.4 Å². The minimum atomic E-state index is -0.241. The maximum Gasteiger partial charge on any atom is 0.224 e. The van der Waals surface area contributed by atoms with E-state index in [4.69, 9.17) is 5.73 Å². The number of para-hydroxylation sites is 1. The third-order valence-corrected chi connectivity index (χ3v) is 4.70. The van der Waals surface area contributed by atoms with Crippen molar-refractivity contribution in [2.24, 2.45) is 11.7 Å². The number of piperidine rings is 1. The van der Waals surface area contributed by atoms with Gasteiger partial charge in [-0.15, -0.1) is 0 Å². The summed E-state index contributed by atoms with van der Waals surface area (Å²) in [7, 11) is 0. The van der Waals surface area contributed by atoms with Gasteiger partial charge in [-0.2, -0.15) is 0 Å². The molecule has 2 amide bonds. The van der Waals surface area contributed by atoms with Crippen LogP contribution in [0, 0.1) is 5.92 Å². The number of likely N-dealkylation sites (tertiary alicyclic amines) is 1. The van der Waals surface area contributed by atoms with Crippen LogP contribution >= 0.6 is 0 Å². The van der Waals surface area contributed by atoms with E-state index in [1.807, 2.05) is 23.2 Å². The molecule has 0 unspecified atom stereocenters. The average molecular weight is 313 g/mol. The summed E-state index contributed by atoms with van der Waals surface area (Å²) in [5.41, 5.74) is 6.41. The molecule has 0 bridgehead atoms. The molecule has 0 spiro atoms. The van der Waals surface area contributed by atoms with Gasteiger partial charge in [0, 0.05) is 44.2 Å². The lowest BCUT2D eigenvalue weighted by atomic mass is 9.93. The average Bonchev–Trinajstić information content (AvgIpc) is 2.96. The Balaban J connectivity index is 1.51. The predicted molar refractivity (Wildman–Crippen MR) is 89.7 cm³/mol. The van der Waals surface area contributed by atoms with Crippen LogP contribution in [0.3, 0.4) is 0 Å². The monoisotopic (exact) mass is 313 g/mol. The molecule has 2 aromatic rings. The normalized spacial score (nSPS) is 15.9. The lowest BCUT2D eigenvalue weighted by Crippen LogP contribution is -2.39. The minimum absolute atomic E-state index is 0.195. The molecule has 1 aromatic heterocycles. The number of nitrogens with two attached hydrogens (primary N) is 1. The summed E-state index contributed by atoms with van der Waals surface area (Å²) in [6.07, 6.45) is 4.75. The summed E-state index contributed by atoms with van der Waals surface area (Å²) in [6, 6.07) is 10.3. The summed E-state index contributed by atoms with van der Waals surface area (Å²) in [6.45, 7) is 2.18. The van der Waals surface area contributed by atoms with E-state index in [9.17, 15) is 9.59 Å². The van der Waals surface area contributed by atoms with Gasteiger partial charge in [0.2, 0.25) is 11.8 Å². The topological polar surface area (TPSA) is 68.3 Å². The molecule has 1 fully saturated rings. The number of benzene rings is 1. The molecule has 2 N–H and O–H groups in total. The maximum atomic E-state index is 12.4. The number of amides is 2. The molecule has 1 aliphatic heterocycles. The number of carbonyl (C=O) groups excluding carboxylic acids is 2. The molecule has 5 nitrogen and oxygen atoms in total. The molecule has 0 saturated carbocycles. The zero-order valence-electron chi connectivity index (χ0n) is 13.3. The summed E-state index contributed by atoms with van der Waals surface area (Å²) >= 11 is 0. The standard InChI is InChI=1S/C18H23N3O2/c19-17(22)13-14-5-9-21(10-6-14)18(23)8-12-20-11-7-15-3-1-2-4-16(15)20/h1-4,7,11,14H,5-6,8-10,12-13H2,(H2,19,22). The van der Waals surface area contributed by atoms with Crippen molar-refractivity contribution in [3.63, 3.8) is 0 Å². The SMILES string of the molecule is NC(=O)CC1CCN(C(=O)CCn2ccc3ccccc32)CC1. The molecule has 1 saturated heterocycles. The highest BCUT2D eigenvalue weighted by molar-refractivity contribution is 5.80. The Hall–Kier alpha value is -2.30. The van der Waals surface area contributed by atoms with Crippen LogP contribution in [0.25, 0.3) is 10.9 Å². The van der Waals surface area contributed by atoms with Crippen LogP contribution in [0.2, 0.25) is 0 Å². The van der Waals surface area contributed by atoms with Crippen LogP contribution in [0.4, 0.5) is 0 Å². The smallest absolute Gasteiger partial charge is 0.224 e. The second-order valence-electron chi connectivity index (χ2n) is 6.31. The number of hydrogen-bond acceptors (Lipinski definition) is 2.